The number of benzene rings is 1. The van der Waals surface area contributed by atoms with Crippen LogP contribution in [0.4, 0.5) is 10.1 Å². The third-order valence-corrected chi connectivity index (χ3v) is 6.23. The fraction of sp³-hybridized carbons (Fsp3) is 0.500. The van der Waals surface area contributed by atoms with Gasteiger partial charge in [-0.05, 0) is 36.6 Å². The van der Waals surface area contributed by atoms with Crippen LogP contribution in [0.5, 0.6) is 0 Å². The number of ether oxygens (including phenoxy) is 1. The summed E-state index contributed by atoms with van der Waals surface area (Å²) in [4.78, 5) is 43.9. The minimum Gasteiger partial charge on any atom is -0.378 e. The number of imidazole rings is 1. The molecule has 0 saturated carbocycles. The first-order valence-electron chi connectivity index (χ1n) is 11.4. The number of nitrogens with one attached hydrogen (secondary N) is 2. The van der Waals surface area contributed by atoms with Crippen LogP contribution in [0.25, 0.3) is 0 Å². The molecule has 0 bridgehead atoms. The van der Waals surface area contributed by atoms with Crippen LogP contribution >= 0.6 is 0 Å². The van der Waals surface area contributed by atoms with Crippen molar-refractivity contribution in [2.24, 2.45) is 13.0 Å². The second kappa shape index (κ2) is 9.92. The summed E-state index contributed by atoms with van der Waals surface area (Å²) in [5.41, 5.74) is 1.22. The van der Waals surface area contributed by atoms with Gasteiger partial charge in [0.25, 0.3) is 5.91 Å². The molecule has 2 aliphatic rings. The van der Waals surface area contributed by atoms with Crippen LogP contribution in [0.2, 0.25) is 0 Å². The molecule has 9 nitrogen and oxygen atoms in total. The topological polar surface area (TPSA) is 106 Å². The number of aryl methyl sites for hydroxylation is 1. The van der Waals surface area contributed by atoms with Gasteiger partial charge in [0.15, 0.2) is 5.78 Å². The Hall–Kier alpha value is -3.27. The lowest BCUT2D eigenvalue weighted by atomic mass is 10.0. The Morgan fingerprint density at radius 1 is 1.26 bits per heavy atom. The number of aromatic nitrogens is 2. The fourth-order valence-electron chi connectivity index (χ4n) is 4.45. The Bertz CT molecular complexity index is 1050. The number of anilines is 1. The minimum atomic E-state index is -1.42. The summed E-state index contributed by atoms with van der Waals surface area (Å²) < 4.78 is 21.5. The molecule has 10 heteroatoms. The van der Waals surface area contributed by atoms with Crippen molar-refractivity contribution in [1.29, 1.82) is 0 Å². The summed E-state index contributed by atoms with van der Waals surface area (Å²) in [5.74, 6) is -0.188. The van der Waals surface area contributed by atoms with Gasteiger partial charge in [-0.3, -0.25) is 14.4 Å². The van der Waals surface area contributed by atoms with Gasteiger partial charge in [0.05, 0.1) is 13.1 Å². The van der Waals surface area contributed by atoms with Crippen LogP contribution in [0.3, 0.4) is 0 Å². The summed E-state index contributed by atoms with van der Waals surface area (Å²) in [5, 5.41) is 6.04. The predicted molar refractivity (Wildman–Crippen MR) is 123 cm³/mol. The number of likely N-dealkylation sites (tertiary alicyclic amines) is 1. The third-order valence-electron chi connectivity index (χ3n) is 6.23. The van der Waals surface area contributed by atoms with Gasteiger partial charge in [0.2, 0.25) is 5.91 Å². The molecule has 34 heavy (non-hydrogen) atoms. The van der Waals surface area contributed by atoms with Crippen LogP contribution in [0.15, 0.2) is 36.7 Å². The molecule has 182 valence electrons. The monoisotopic (exact) mass is 471 g/mol. The van der Waals surface area contributed by atoms with E-state index in [0.29, 0.717) is 18.5 Å². The lowest BCUT2D eigenvalue weighted by Crippen LogP contribution is -2.52. The summed E-state index contributed by atoms with van der Waals surface area (Å²) in [6.45, 7) is 4.00. The van der Waals surface area contributed by atoms with Crippen LogP contribution < -0.4 is 10.6 Å². The first kappa shape index (κ1) is 23.9. The van der Waals surface area contributed by atoms with E-state index in [4.69, 9.17) is 4.74 Å². The highest BCUT2D eigenvalue weighted by Gasteiger charge is 2.53. The normalized spacial score (nSPS) is 22.7. The summed E-state index contributed by atoms with van der Waals surface area (Å²) in [6, 6.07) is 5.12. The van der Waals surface area contributed by atoms with Crippen molar-refractivity contribution in [2.45, 2.75) is 51.2 Å². The van der Waals surface area contributed by atoms with Crippen molar-refractivity contribution in [1.82, 2.24) is 19.8 Å². The highest BCUT2D eigenvalue weighted by molar-refractivity contribution is 5.99. The first-order chi connectivity index (χ1) is 16.2. The SMILES string of the molecule is CC(C)C[C@H](NC(=O)c1ccc(NCc2nccn2C)cc1)C(=O)N1C[C@H](F)[C@H]2OCC(=O)[C@H]21. The number of fused-ring (bicyclic) bond motifs is 1. The molecule has 2 saturated heterocycles. The Morgan fingerprint density at radius 3 is 2.65 bits per heavy atom. The molecule has 2 fully saturated rings. The molecule has 4 atom stereocenters. The zero-order valence-corrected chi connectivity index (χ0v) is 19.5. The number of carbonyl (C=O) groups excluding carboxylic acids is 3. The minimum absolute atomic E-state index is 0.0991. The summed E-state index contributed by atoms with van der Waals surface area (Å²) in [6.07, 6.45) is 1.63. The Morgan fingerprint density at radius 2 is 2.00 bits per heavy atom. The standard InChI is InChI=1S/C24H30FN5O4/c1-14(2)10-18(24(33)30-12-17(25)22-21(30)19(31)13-34-22)28-23(32)15-4-6-16(7-5-15)27-11-20-26-8-9-29(20)3/h4-9,14,17-18,21-22,27H,10-13H2,1-3H3,(H,28,32)/t17-,18-,21+,22+/m0/s1. The molecule has 2 aliphatic heterocycles. The maximum atomic E-state index is 14.4. The van der Waals surface area contributed by atoms with Crippen molar-refractivity contribution >= 4 is 23.3 Å². The molecule has 2 amide bonds. The average Bonchev–Trinajstić information content (AvgIpc) is 3.49. The number of ketones is 1. The molecule has 0 spiro atoms. The lowest BCUT2D eigenvalue weighted by Gasteiger charge is -2.28. The molecular weight excluding hydrogens is 441 g/mol. The van der Waals surface area contributed by atoms with Gasteiger partial charge in [-0.25, -0.2) is 9.37 Å². The highest BCUT2D eigenvalue weighted by Crippen LogP contribution is 2.30. The van der Waals surface area contributed by atoms with E-state index < -0.39 is 36.2 Å². The molecule has 2 aromatic rings. The van der Waals surface area contributed by atoms with Crippen molar-refractivity contribution in [2.75, 3.05) is 18.5 Å². The van der Waals surface area contributed by atoms with Gasteiger partial charge in [-0.1, -0.05) is 13.8 Å². The lowest BCUT2D eigenvalue weighted by molar-refractivity contribution is -0.138. The third kappa shape index (κ3) is 4.96. The van der Waals surface area contributed by atoms with E-state index in [0.717, 1.165) is 11.5 Å². The number of carbonyl (C=O) groups is 3. The smallest absolute Gasteiger partial charge is 0.251 e. The second-order valence-corrected chi connectivity index (χ2v) is 9.23. The zero-order valence-electron chi connectivity index (χ0n) is 19.5. The number of Topliss-reactive ketones (excluding diaryl/α,β-unsaturated/α-hetero) is 1. The van der Waals surface area contributed by atoms with E-state index in [1.807, 2.05) is 31.7 Å². The second-order valence-electron chi connectivity index (χ2n) is 9.23. The van der Waals surface area contributed by atoms with E-state index in [1.165, 1.54) is 4.90 Å². The number of hydrogen-bond acceptors (Lipinski definition) is 6. The van der Waals surface area contributed by atoms with Crippen molar-refractivity contribution < 1.29 is 23.5 Å². The van der Waals surface area contributed by atoms with Crippen LogP contribution in [0.1, 0.15) is 36.5 Å². The Balaban J connectivity index is 1.41. The van der Waals surface area contributed by atoms with E-state index in [-0.39, 0.29) is 24.9 Å². The molecule has 2 N–H and O–H groups in total. The molecule has 0 aliphatic carbocycles. The molecule has 0 unspecified atom stereocenters. The van der Waals surface area contributed by atoms with E-state index in [9.17, 15) is 18.8 Å². The Kier molecular flexibility index (Phi) is 6.97. The van der Waals surface area contributed by atoms with Gasteiger partial charge < -0.3 is 24.8 Å². The number of halogens is 1. The number of alkyl halides is 1. The summed E-state index contributed by atoms with van der Waals surface area (Å²) >= 11 is 0. The fourth-order valence-corrected chi connectivity index (χ4v) is 4.45. The largest absolute Gasteiger partial charge is 0.378 e. The van der Waals surface area contributed by atoms with Crippen LogP contribution in [-0.4, -0.2) is 69.6 Å². The zero-order chi connectivity index (χ0) is 24.4. The van der Waals surface area contributed by atoms with Gasteiger partial charge >= 0.3 is 0 Å². The van der Waals surface area contributed by atoms with Gasteiger partial charge in [-0.15, -0.1) is 0 Å². The van der Waals surface area contributed by atoms with Crippen LogP contribution in [0, 0.1) is 5.92 Å². The number of amides is 2. The van der Waals surface area contributed by atoms with Gasteiger partial charge in [-0.2, -0.15) is 0 Å². The van der Waals surface area contributed by atoms with Crippen molar-refractivity contribution in [3.63, 3.8) is 0 Å². The molecule has 0 radical (unpaired) electrons. The van der Waals surface area contributed by atoms with Crippen molar-refractivity contribution in [3.05, 3.63) is 48.0 Å². The quantitative estimate of drug-likeness (QED) is 0.607. The van der Waals surface area contributed by atoms with Crippen LogP contribution in [-0.2, 0) is 27.9 Å². The predicted octanol–water partition coefficient (Wildman–Crippen LogP) is 1.69. The molecular formula is C24H30FN5O4. The Labute approximate surface area is 197 Å². The summed E-state index contributed by atoms with van der Waals surface area (Å²) in [7, 11) is 1.91. The molecule has 3 heterocycles. The molecule has 1 aromatic carbocycles. The van der Waals surface area contributed by atoms with Gasteiger partial charge in [0.1, 0.15) is 36.8 Å². The highest BCUT2D eigenvalue weighted by atomic mass is 19.1. The maximum Gasteiger partial charge on any atom is 0.251 e. The number of hydrogen-bond donors (Lipinski definition) is 2. The van der Waals surface area contributed by atoms with Gasteiger partial charge in [0, 0.05) is 30.7 Å². The first-order valence-corrected chi connectivity index (χ1v) is 11.4. The van der Waals surface area contributed by atoms with E-state index in [2.05, 4.69) is 15.6 Å². The number of rotatable bonds is 8. The van der Waals surface area contributed by atoms with E-state index in [1.54, 1.807) is 30.5 Å². The molecule has 1 aromatic heterocycles. The van der Waals surface area contributed by atoms with E-state index >= 15 is 0 Å². The maximum absolute atomic E-state index is 14.4. The molecule has 4 rings (SSSR count). The average molecular weight is 472 g/mol. The number of nitrogens with zero attached hydrogens (tertiary/aromatic N) is 3. The van der Waals surface area contributed by atoms with Crippen molar-refractivity contribution in [3.8, 4) is 0 Å².